The van der Waals surface area contributed by atoms with Crippen molar-refractivity contribution in [3.05, 3.63) is 12.3 Å². The van der Waals surface area contributed by atoms with Gasteiger partial charge in [0.15, 0.2) is 0 Å². The zero-order valence-electron chi connectivity index (χ0n) is 16.0. The molecule has 2 saturated heterocycles. The van der Waals surface area contributed by atoms with E-state index in [-0.39, 0.29) is 11.8 Å². The third-order valence-electron chi connectivity index (χ3n) is 5.44. The number of amides is 1. The Kier molecular flexibility index (Phi) is 6.66. The largest absolute Gasteiger partial charge is 0.481 e. The first-order valence-corrected chi connectivity index (χ1v) is 9.77. The number of carbonyl (C=O) groups is 1. The van der Waals surface area contributed by atoms with Crippen LogP contribution in [-0.2, 0) is 4.79 Å². The van der Waals surface area contributed by atoms with Gasteiger partial charge in [0.1, 0.15) is 0 Å². The van der Waals surface area contributed by atoms with Crippen molar-refractivity contribution in [3.8, 4) is 5.88 Å². The van der Waals surface area contributed by atoms with Crippen LogP contribution in [0.3, 0.4) is 0 Å². The molecule has 1 aromatic heterocycles. The molecule has 1 aromatic rings. The molecule has 7 nitrogen and oxygen atoms in total. The Labute approximate surface area is 156 Å². The van der Waals surface area contributed by atoms with Gasteiger partial charge in [-0.05, 0) is 38.1 Å². The summed E-state index contributed by atoms with van der Waals surface area (Å²) in [5, 5.41) is 3.14. The number of aromatic nitrogens is 2. The van der Waals surface area contributed by atoms with Crippen LogP contribution in [-0.4, -0.2) is 67.2 Å². The Morgan fingerprint density at radius 2 is 2.12 bits per heavy atom. The van der Waals surface area contributed by atoms with Gasteiger partial charge in [0.2, 0.25) is 17.7 Å². The number of hydrogen-bond acceptors (Lipinski definition) is 6. The molecule has 2 fully saturated rings. The van der Waals surface area contributed by atoms with E-state index in [1.807, 2.05) is 0 Å². The van der Waals surface area contributed by atoms with Crippen molar-refractivity contribution in [2.24, 2.45) is 11.8 Å². The number of rotatable bonds is 6. The van der Waals surface area contributed by atoms with Crippen LogP contribution in [0.25, 0.3) is 0 Å². The maximum absolute atomic E-state index is 12.4. The predicted octanol–water partition coefficient (Wildman–Crippen LogP) is 1.55. The van der Waals surface area contributed by atoms with Crippen LogP contribution in [0.5, 0.6) is 5.88 Å². The summed E-state index contributed by atoms with van der Waals surface area (Å²) < 4.78 is 5.16. The van der Waals surface area contributed by atoms with E-state index in [2.05, 4.69) is 32.0 Å². The highest BCUT2D eigenvalue weighted by molar-refractivity contribution is 5.78. The fraction of sp³-hybridized carbons (Fsp3) is 0.737. The van der Waals surface area contributed by atoms with E-state index in [1.54, 1.807) is 19.4 Å². The highest BCUT2D eigenvalue weighted by Crippen LogP contribution is 2.22. The summed E-state index contributed by atoms with van der Waals surface area (Å²) in [6.45, 7) is 7.96. The van der Waals surface area contributed by atoms with E-state index in [4.69, 9.17) is 4.74 Å². The average Bonchev–Trinajstić information content (AvgIpc) is 2.68. The van der Waals surface area contributed by atoms with E-state index >= 15 is 0 Å². The van der Waals surface area contributed by atoms with Crippen LogP contribution in [0.2, 0.25) is 0 Å². The molecule has 0 radical (unpaired) electrons. The van der Waals surface area contributed by atoms with E-state index in [9.17, 15) is 4.79 Å². The topological polar surface area (TPSA) is 70.6 Å². The second-order valence-electron chi connectivity index (χ2n) is 7.50. The van der Waals surface area contributed by atoms with E-state index in [0.29, 0.717) is 11.8 Å². The summed E-state index contributed by atoms with van der Waals surface area (Å²) in [5.41, 5.74) is 0. The lowest BCUT2D eigenvalue weighted by Crippen LogP contribution is -2.44. The fourth-order valence-corrected chi connectivity index (χ4v) is 3.91. The number of nitrogens with zero attached hydrogens (tertiary/aromatic N) is 4. The Morgan fingerprint density at radius 3 is 2.85 bits per heavy atom. The van der Waals surface area contributed by atoms with Crippen LogP contribution < -0.4 is 15.0 Å². The van der Waals surface area contributed by atoms with Gasteiger partial charge in [-0.15, -0.1) is 0 Å². The Hall–Kier alpha value is -1.89. The molecule has 1 amide bonds. The highest BCUT2D eigenvalue weighted by atomic mass is 16.5. The van der Waals surface area contributed by atoms with Crippen molar-refractivity contribution < 1.29 is 9.53 Å². The zero-order valence-corrected chi connectivity index (χ0v) is 16.0. The average molecular weight is 361 g/mol. The highest BCUT2D eigenvalue weighted by Gasteiger charge is 2.26. The summed E-state index contributed by atoms with van der Waals surface area (Å²) in [4.78, 5) is 25.7. The third kappa shape index (κ3) is 5.06. The molecule has 0 bridgehead atoms. The van der Waals surface area contributed by atoms with Crippen molar-refractivity contribution in [2.45, 2.75) is 32.6 Å². The SMILES string of the molecule is COc1ccnc(N2CCC(C(=O)NCCN3CCCC(C)C3)CC2)n1. The van der Waals surface area contributed by atoms with E-state index < -0.39 is 0 Å². The van der Waals surface area contributed by atoms with Gasteiger partial charge in [-0.1, -0.05) is 6.92 Å². The lowest BCUT2D eigenvalue weighted by molar-refractivity contribution is -0.125. The standard InChI is InChI=1S/C19H31N5O2/c1-15-4-3-10-23(14-15)13-9-20-18(25)16-6-11-24(12-7-16)19-21-8-5-17(22-19)26-2/h5,8,15-16H,3-4,6-7,9-14H2,1-2H3,(H,20,25). The molecular weight excluding hydrogens is 330 g/mol. The van der Waals surface area contributed by atoms with E-state index in [0.717, 1.165) is 51.5 Å². The Morgan fingerprint density at radius 1 is 1.31 bits per heavy atom. The third-order valence-corrected chi connectivity index (χ3v) is 5.44. The summed E-state index contributed by atoms with van der Waals surface area (Å²) in [6, 6.07) is 1.74. The van der Waals surface area contributed by atoms with Gasteiger partial charge in [0, 0.05) is 50.9 Å². The summed E-state index contributed by atoms with van der Waals surface area (Å²) in [6.07, 6.45) is 6.00. The molecule has 7 heteroatoms. The number of anilines is 1. The minimum absolute atomic E-state index is 0.0946. The number of likely N-dealkylation sites (tertiary alicyclic amines) is 1. The first-order chi connectivity index (χ1) is 12.7. The molecule has 1 atom stereocenters. The van der Waals surface area contributed by atoms with Gasteiger partial charge < -0.3 is 19.9 Å². The lowest BCUT2D eigenvalue weighted by atomic mass is 9.96. The number of nitrogens with one attached hydrogen (secondary N) is 1. The van der Waals surface area contributed by atoms with Crippen molar-refractivity contribution in [2.75, 3.05) is 51.3 Å². The summed E-state index contributed by atoms with van der Waals surface area (Å²) in [5.74, 6) is 2.32. The van der Waals surface area contributed by atoms with Gasteiger partial charge in [-0.2, -0.15) is 4.98 Å². The molecule has 1 N–H and O–H groups in total. The summed E-state index contributed by atoms with van der Waals surface area (Å²) >= 11 is 0. The number of hydrogen-bond donors (Lipinski definition) is 1. The lowest BCUT2D eigenvalue weighted by Gasteiger charge is -2.32. The molecule has 0 aliphatic carbocycles. The molecule has 1 unspecified atom stereocenters. The van der Waals surface area contributed by atoms with Gasteiger partial charge >= 0.3 is 0 Å². The molecule has 0 saturated carbocycles. The Bertz CT molecular complexity index is 589. The van der Waals surface area contributed by atoms with Crippen molar-refractivity contribution in [3.63, 3.8) is 0 Å². The second-order valence-corrected chi connectivity index (χ2v) is 7.50. The molecule has 0 spiro atoms. The smallest absolute Gasteiger partial charge is 0.228 e. The molecule has 26 heavy (non-hydrogen) atoms. The Balaban J connectivity index is 1.39. The summed E-state index contributed by atoms with van der Waals surface area (Å²) in [7, 11) is 1.60. The molecule has 3 rings (SSSR count). The first kappa shape index (κ1) is 18.9. The first-order valence-electron chi connectivity index (χ1n) is 9.77. The van der Waals surface area contributed by atoms with Crippen LogP contribution >= 0.6 is 0 Å². The minimum atomic E-state index is 0.0946. The van der Waals surface area contributed by atoms with Gasteiger partial charge in [-0.3, -0.25) is 4.79 Å². The zero-order chi connectivity index (χ0) is 18.4. The fourth-order valence-electron chi connectivity index (χ4n) is 3.91. The van der Waals surface area contributed by atoms with Crippen molar-refractivity contribution >= 4 is 11.9 Å². The van der Waals surface area contributed by atoms with Gasteiger partial charge in [-0.25, -0.2) is 4.98 Å². The maximum Gasteiger partial charge on any atom is 0.228 e. The normalized spacial score (nSPS) is 22.2. The minimum Gasteiger partial charge on any atom is -0.481 e. The molecule has 144 valence electrons. The molecule has 2 aliphatic heterocycles. The number of ether oxygens (including phenoxy) is 1. The molecule has 2 aliphatic rings. The van der Waals surface area contributed by atoms with Crippen LogP contribution in [0.1, 0.15) is 32.6 Å². The van der Waals surface area contributed by atoms with E-state index in [1.165, 1.54) is 19.4 Å². The van der Waals surface area contributed by atoms with Crippen LogP contribution in [0.4, 0.5) is 5.95 Å². The van der Waals surface area contributed by atoms with Crippen LogP contribution in [0, 0.1) is 11.8 Å². The maximum atomic E-state index is 12.4. The predicted molar refractivity (Wildman–Crippen MR) is 101 cm³/mol. The van der Waals surface area contributed by atoms with Crippen molar-refractivity contribution in [1.29, 1.82) is 0 Å². The van der Waals surface area contributed by atoms with Crippen LogP contribution in [0.15, 0.2) is 12.3 Å². The second kappa shape index (κ2) is 9.16. The molecular formula is C19H31N5O2. The number of piperidine rings is 2. The van der Waals surface area contributed by atoms with Gasteiger partial charge in [0.05, 0.1) is 7.11 Å². The van der Waals surface area contributed by atoms with Gasteiger partial charge in [0.25, 0.3) is 0 Å². The monoisotopic (exact) mass is 361 g/mol. The number of methoxy groups -OCH3 is 1. The molecule has 0 aromatic carbocycles. The number of carbonyl (C=O) groups excluding carboxylic acids is 1. The molecule has 3 heterocycles. The van der Waals surface area contributed by atoms with Crippen molar-refractivity contribution in [1.82, 2.24) is 20.2 Å². The quantitative estimate of drug-likeness (QED) is 0.829.